The minimum absolute atomic E-state index is 0. The lowest BCUT2D eigenvalue weighted by atomic mass is 10.1. The van der Waals surface area contributed by atoms with E-state index in [9.17, 15) is 13.2 Å². The van der Waals surface area contributed by atoms with Crippen molar-refractivity contribution in [1.29, 1.82) is 0 Å². The number of nitrogens with one attached hydrogen (secondary N) is 1. The molecule has 1 fully saturated rings. The van der Waals surface area contributed by atoms with Gasteiger partial charge in [-0.05, 0) is 18.6 Å². The van der Waals surface area contributed by atoms with Crippen LogP contribution in [0.4, 0.5) is 13.2 Å². The Hall–Kier alpha value is -1.23. The van der Waals surface area contributed by atoms with Crippen LogP contribution in [0, 0.1) is 0 Å². The molecule has 2 unspecified atom stereocenters. The van der Waals surface area contributed by atoms with Gasteiger partial charge < -0.3 is 15.0 Å². The van der Waals surface area contributed by atoms with Crippen LogP contribution in [0.2, 0.25) is 0 Å². The SMILES string of the molecule is CN=C(NCC1Cc2ccccc2O1)N1CCN(C(C)C(F)(F)F)CC1.I. The molecule has 2 atom stereocenters. The quantitative estimate of drug-likeness (QED) is 0.396. The number of hydrogen-bond acceptors (Lipinski definition) is 3. The highest BCUT2D eigenvalue weighted by atomic mass is 127. The van der Waals surface area contributed by atoms with Gasteiger partial charge in [0.05, 0.1) is 6.54 Å². The molecule has 0 radical (unpaired) electrons. The molecule has 9 heteroatoms. The maximum atomic E-state index is 12.9. The molecule has 0 saturated carbocycles. The Labute approximate surface area is 175 Å². The van der Waals surface area contributed by atoms with Gasteiger partial charge in [0.1, 0.15) is 17.9 Å². The van der Waals surface area contributed by atoms with Crippen LogP contribution < -0.4 is 10.1 Å². The Morgan fingerprint density at radius 2 is 1.93 bits per heavy atom. The van der Waals surface area contributed by atoms with E-state index >= 15 is 0 Å². The predicted octanol–water partition coefficient (Wildman–Crippen LogP) is 2.75. The lowest BCUT2D eigenvalue weighted by Gasteiger charge is -2.39. The molecular formula is C18H26F3IN4O. The van der Waals surface area contributed by atoms with Crippen molar-refractivity contribution in [3.05, 3.63) is 29.8 Å². The van der Waals surface area contributed by atoms with Crippen LogP contribution in [0.15, 0.2) is 29.3 Å². The highest BCUT2D eigenvalue weighted by molar-refractivity contribution is 14.0. The Morgan fingerprint density at radius 1 is 1.26 bits per heavy atom. The smallest absolute Gasteiger partial charge is 0.403 e. The van der Waals surface area contributed by atoms with Crippen molar-refractivity contribution >= 4 is 29.9 Å². The van der Waals surface area contributed by atoms with E-state index in [1.807, 2.05) is 23.1 Å². The van der Waals surface area contributed by atoms with Crippen LogP contribution in [0.5, 0.6) is 5.75 Å². The summed E-state index contributed by atoms with van der Waals surface area (Å²) in [5, 5.41) is 3.30. The Bertz CT molecular complexity index is 623. The minimum Gasteiger partial charge on any atom is -0.488 e. The maximum Gasteiger partial charge on any atom is 0.403 e. The van der Waals surface area contributed by atoms with Gasteiger partial charge in [0.15, 0.2) is 5.96 Å². The molecule has 2 aliphatic rings. The third kappa shape index (κ3) is 5.40. The number of para-hydroxylation sites is 1. The normalized spacial score (nSPS) is 21.9. The summed E-state index contributed by atoms with van der Waals surface area (Å²) in [4.78, 5) is 7.75. The monoisotopic (exact) mass is 498 g/mol. The van der Waals surface area contributed by atoms with Gasteiger partial charge >= 0.3 is 6.18 Å². The first-order valence-corrected chi connectivity index (χ1v) is 8.89. The summed E-state index contributed by atoms with van der Waals surface area (Å²) in [7, 11) is 1.69. The number of piperazine rings is 1. The third-order valence-corrected chi connectivity index (χ3v) is 5.05. The van der Waals surface area contributed by atoms with Crippen LogP contribution in [-0.4, -0.2) is 73.9 Å². The number of aliphatic imine (C=N–C) groups is 1. The van der Waals surface area contributed by atoms with Gasteiger partial charge in [-0.1, -0.05) is 18.2 Å². The van der Waals surface area contributed by atoms with Crippen LogP contribution in [0.25, 0.3) is 0 Å². The third-order valence-electron chi connectivity index (χ3n) is 5.05. The Morgan fingerprint density at radius 3 is 2.52 bits per heavy atom. The molecule has 3 rings (SSSR count). The zero-order valence-corrected chi connectivity index (χ0v) is 17.8. The van der Waals surface area contributed by atoms with Crippen molar-refractivity contribution in [3.8, 4) is 5.75 Å². The number of guanidine groups is 1. The molecule has 0 bridgehead atoms. The summed E-state index contributed by atoms with van der Waals surface area (Å²) in [6, 6.07) is 6.56. The molecule has 2 heterocycles. The molecule has 1 aromatic carbocycles. The first-order valence-electron chi connectivity index (χ1n) is 8.89. The highest BCUT2D eigenvalue weighted by Crippen LogP contribution is 2.28. The van der Waals surface area contributed by atoms with Crippen molar-refractivity contribution in [2.24, 2.45) is 4.99 Å². The van der Waals surface area contributed by atoms with Gasteiger partial charge in [-0.25, -0.2) is 0 Å². The number of halogens is 4. The molecule has 152 valence electrons. The second kappa shape index (κ2) is 9.31. The Kier molecular flexibility index (Phi) is 7.61. The first kappa shape index (κ1) is 22.1. The van der Waals surface area contributed by atoms with Crippen molar-refractivity contribution in [1.82, 2.24) is 15.1 Å². The van der Waals surface area contributed by atoms with E-state index in [4.69, 9.17) is 4.74 Å². The van der Waals surface area contributed by atoms with Gasteiger partial charge in [-0.15, -0.1) is 24.0 Å². The van der Waals surface area contributed by atoms with Gasteiger partial charge in [-0.3, -0.25) is 9.89 Å². The highest BCUT2D eigenvalue weighted by Gasteiger charge is 2.41. The van der Waals surface area contributed by atoms with Crippen molar-refractivity contribution in [2.45, 2.75) is 31.7 Å². The van der Waals surface area contributed by atoms with E-state index in [0.29, 0.717) is 38.7 Å². The standard InChI is InChI=1S/C18H25F3N4O.HI/c1-13(18(19,20)21)24-7-9-25(10-8-24)17(22-2)23-12-15-11-14-5-3-4-6-16(14)26-15;/h3-6,13,15H,7-12H2,1-2H3,(H,22,23);1H. The van der Waals surface area contributed by atoms with Crippen molar-refractivity contribution in [2.75, 3.05) is 39.8 Å². The summed E-state index contributed by atoms with van der Waals surface area (Å²) in [6.07, 6.45) is -3.30. The fourth-order valence-corrected chi connectivity index (χ4v) is 3.43. The fraction of sp³-hybridized carbons (Fsp3) is 0.611. The lowest BCUT2D eigenvalue weighted by Crippen LogP contribution is -2.57. The molecule has 1 aromatic rings. The zero-order valence-electron chi connectivity index (χ0n) is 15.5. The molecule has 1 saturated heterocycles. The molecule has 2 aliphatic heterocycles. The minimum atomic E-state index is -4.18. The number of ether oxygens (including phenoxy) is 1. The number of hydrogen-bond donors (Lipinski definition) is 1. The van der Waals surface area contributed by atoms with E-state index in [1.54, 1.807) is 7.05 Å². The summed E-state index contributed by atoms with van der Waals surface area (Å²) >= 11 is 0. The average molecular weight is 498 g/mol. The molecule has 5 nitrogen and oxygen atoms in total. The van der Waals surface area contributed by atoms with Crippen LogP contribution in [0.1, 0.15) is 12.5 Å². The lowest BCUT2D eigenvalue weighted by molar-refractivity contribution is -0.181. The largest absolute Gasteiger partial charge is 0.488 e. The summed E-state index contributed by atoms with van der Waals surface area (Å²) in [5.74, 6) is 1.63. The summed E-state index contributed by atoms with van der Waals surface area (Å²) < 4.78 is 44.5. The molecule has 0 amide bonds. The van der Waals surface area contributed by atoms with E-state index < -0.39 is 12.2 Å². The van der Waals surface area contributed by atoms with Gasteiger partial charge in [0.2, 0.25) is 0 Å². The molecule has 0 aliphatic carbocycles. The Balaban J connectivity index is 0.00000261. The molecule has 0 spiro atoms. The van der Waals surface area contributed by atoms with Gasteiger partial charge in [-0.2, -0.15) is 13.2 Å². The van der Waals surface area contributed by atoms with Crippen molar-refractivity contribution < 1.29 is 17.9 Å². The molecular weight excluding hydrogens is 472 g/mol. The second-order valence-corrected chi connectivity index (χ2v) is 6.72. The number of alkyl halides is 3. The number of fused-ring (bicyclic) bond motifs is 1. The van der Waals surface area contributed by atoms with Crippen LogP contribution in [0.3, 0.4) is 0 Å². The fourth-order valence-electron chi connectivity index (χ4n) is 3.43. The second-order valence-electron chi connectivity index (χ2n) is 6.72. The van der Waals surface area contributed by atoms with E-state index in [0.717, 1.165) is 12.2 Å². The van der Waals surface area contributed by atoms with Crippen LogP contribution >= 0.6 is 24.0 Å². The number of rotatable bonds is 3. The number of benzene rings is 1. The topological polar surface area (TPSA) is 40.1 Å². The van der Waals surface area contributed by atoms with E-state index in [-0.39, 0.29) is 30.1 Å². The predicted molar refractivity (Wildman–Crippen MR) is 110 cm³/mol. The van der Waals surface area contributed by atoms with E-state index in [1.165, 1.54) is 17.4 Å². The first-order chi connectivity index (χ1) is 12.4. The maximum absolute atomic E-state index is 12.9. The average Bonchev–Trinajstić information content (AvgIpc) is 3.04. The van der Waals surface area contributed by atoms with Gasteiger partial charge in [0, 0.05) is 39.6 Å². The summed E-state index contributed by atoms with van der Waals surface area (Å²) in [5.41, 5.74) is 1.20. The number of nitrogens with zero attached hydrogens (tertiary/aromatic N) is 3. The van der Waals surface area contributed by atoms with Crippen LogP contribution in [-0.2, 0) is 6.42 Å². The summed E-state index contributed by atoms with van der Waals surface area (Å²) in [6.45, 7) is 3.61. The molecule has 27 heavy (non-hydrogen) atoms. The molecule has 1 N–H and O–H groups in total. The van der Waals surface area contributed by atoms with E-state index in [2.05, 4.69) is 16.4 Å². The molecule has 0 aromatic heterocycles. The zero-order chi connectivity index (χ0) is 18.7. The van der Waals surface area contributed by atoms with Gasteiger partial charge in [0.25, 0.3) is 0 Å². The van der Waals surface area contributed by atoms with Crippen molar-refractivity contribution in [3.63, 3.8) is 0 Å².